The minimum absolute atomic E-state index is 0.154. The van der Waals surface area contributed by atoms with E-state index in [0.29, 0.717) is 6.42 Å². The second-order valence-electron chi connectivity index (χ2n) is 6.05. The van der Waals surface area contributed by atoms with Crippen LogP contribution >= 0.6 is 11.3 Å². The molecule has 2 saturated heterocycles. The number of amides is 2. The summed E-state index contributed by atoms with van der Waals surface area (Å²) in [5.74, 6) is 0.411. The van der Waals surface area contributed by atoms with Crippen LogP contribution in [0.25, 0.3) is 0 Å². The van der Waals surface area contributed by atoms with Crippen molar-refractivity contribution >= 4 is 23.2 Å². The topological polar surface area (TPSA) is 40.6 Å². The molecule has 0 atom stereocenters. The summed E-state index contributed by atoms with van der Waals surface area (Å²) in [6.45, 7) is 2.49. The third-order valence-electron chi connectivity index (χ3n) is 4.75. The maximum Gasteiger partial charge on any atom is 0.254 e. The van der Waals surface area contributed by atoms with Crippen LogP contribution in [0.5, 0.6) is 0 Å². The zero-order valence-corrected chi connectivity index (χ0v) is 12.6. The van der Waals surface area contributed by atoms with Gasteiger partial charge >= 0.3 is 0 Å². The summed E-state index contributed by atoms with van der Waals surface area (Å²) in [5.41, 5.74) is 1.05. The summed E-state index contributed by atoms with van der Waals surface area (Å²) < 4.78 is 0. The lowest BCUT2D eigenvalue weighted by Crippen LogP contribution is -2.51. The highest BCUT2D eigenvalue weighted by Crippen LogP contribution is 2.40. The van der Waals surface area contributed by atoms with Crippen LogP contribution in [0.1, 0.15) is 36.0 Å². The minimum Gasteiger partial charge on any atom is -0.345 e. The number of rotatable bonds is 1. The van der Waals surface area contributed by atoms with E-state index in [1.54, 1.807) is 11.3 Å². The molecule has 108 valence electrons. The van der Waals surface area contributed by atoms with Gasteiger partial charge in [0.25, 0.3) is 5.91 Å². The molecule has 0 unspecified atom stereocenters. The Labute approximate surface area is 123 Å². The van der Waals surface area contributed by atoms with Gasteiger partial charge in [0.1, 0.15) is 0 Å². The van der Waals surface area contributed by atoms with Gasteiger partial charge in [0.2, 0.25) is 5.91 Å². The predicted molar refractivity (Wildman–Crippen MR) is 78.8 cm³/mol. The van der Waals surface area contributed by atoms with E-state index < -0.39 is 0 Å². The van der Waals surface area contributed by atoms with Gasteiger partial charge in [-0.3, -0.25) is 9.59 Å². The highest BCUT2D eigenvalue weighted by Gasteiger charge is 2.40. The molecule has 1 aromatic heterocycles. The van der Waals surface area contributed by atoms with Crippen molar-refractivity contribution in [2.24, 2.45) is 5.41 Å². The van der Waals surface area contributed by atoms with Gasteiger partial charge in [-0.05, 0) is 36.1 Å². The molecule has 0 N–H and O–H groups in total. The molecule has 4 nitrogen and oxygen atoms in total. The van der Waals surface area contributed by atoms with Crippen molar-refractivity contribution in [2.75, 3.05) is 26.7 Å². The molecule has 2 aliphatic heterocycles. The predicted octanol–water partition coefficient (Wildman–Crippen LogP) is 2.22. The van der Waals surface area contributed by atoms with Gasteiger partial charge in [-0.2, -0.15) is 11.3 Å². The van der Waals surface area contributed by atoms with Crippen LogP contribution < -0.4 is 0 Å². The first kappa shape index (κ1) is 13.6. The Balaban J connectivity index is 1.62. The minimum atomic E-state index is 0.154. The summed E-state index contributed by atoms with van der Waals surface area (Å²) in [5, 5.41) is 3.86. The lowest BCUT2D eigenvalue weighted by atomic mass is 9.72. The van der Waals surface area contributed by atoms with E-state index in [0.717, 1.165) is 44.5 Å². The van der Waals surface area contributed by atoms with Crippen LogP contribution in [0.15, 0.2) is 16.8 Å². The first-order valence-corrected chi connectivity index (χ1v) is 8.09. The van der Waals surface area contributed by atoms with Crippen LogP contribution in [0.2, 0.25) is 0 Å². The lowest BCUT2D eigenvalue weighted by molar-refractivity contribution is -0.137. The summed E-state index contributed by atoms with van der Waals surface area (Å²) in [7, 11) is 1.89. The molecular formula is C15H20N2O2S. The molecule has 20 heavy (non-hydrogen) atoms. The second-order valence-corrected chi connectivity index (χ2v) is 6.83. The largest absolute Gasteiger partial charge is 0.345 e. The standard InChI is InChI=1S/C15H20N2O2S/c1-16-11-15(4-2-13(16)18)5-7-17(8-6-15)14(19)12-3-9-20-10-12/h3,9-10H,2,4-8,11H2,1H3. The van der Waals surface area contributed by atoms with E-state index in [2.05, 4.69) is 0 Å². The highest BCUT2D eigenvalue weighted by atomic mass is 32.1. The molecule has 5 heteroatoms. The average molecular weight is 292 g/mol. The number of hydrogen-bond acceptors (Lipinski definition) is 3. The molecule has 0 radical (unpaired) electrons. The fourth-order valence-corrected chi connectivity index (χ4v) is 4.02. The van der Waals surface area contributed by atoms with Gasteiger partial charge in [-0.25, -0.2) is 0 Å². The number of carbonyl (C=O) groups is 2. The van der Waals surface area contributed by atoms with Crippen molar-refractivity contribution in [2.45, 2.75) is 25.7 Å². The third-order valence-corrected chi connectivity index (χ3v) is 5.43. The maximum atomic E-state index is 12.3. The lowest BCUT2D eigenvalue weighted by Gasteiger charge is -2.46. The summed E-state index contributed by atoms with van der Waals surface area (Å²) in [4.78, 5) is 27.8. The maximum absolute atomic E-state index is 12.3. The van der Waals surface area contributed by atoms with E-state index in [9.17, 15) is 9.59 Å². The first-order valence-electron chi connectivity index (χ1n) is 7.15. The number of hydrogen-bond donors (Lipinski definition) is 0. The van der Waals surface area contributed by atoms with Crippen LogP contribution in [0.3, 0.4) is 0 Å². The quantitative estimate of drug-likeness (QED) is 0.796. The number of piperidine rings is 2. The molecule has 0 bridgehead atoms. The summed E-state index contributed by atoms with van der Waals surface area (Å²) in [6.07, 6.45) is 3.67. The Morgan fingerprint density at radius 3 is 2.65 bits per heavy atom. The monoisotopic (exact) mass is 292 g/mol. The average Bonchev–Trinajstić information content (AvgIpc) is 2.98. The summed E-state index contributed by atoms with van der Waals surface area (Å²) >= 11 is 1.56. The van der Waals surface area contributed by atoms with Crippen LogP contribution in [-0.4, -0.2) is 48.3 Å². The zero-order valence-electron chi connectivity index (χ0n) is 11.8. The molecule has 2 fully saturated rings. The van der Waals surface area contributed by atoms with E-state index in [1.165, 1.54) is 0 Å². The van der Waals surface area contributed by atoms with Gasteiger partial charge in [0.05, 0.1) is 5.56 Å². The molecule has 0 aliphatic carbocycles. The van der Waals surface area contributed by atoms with Crippen molar-refractivity contribution in [1.82, 2.24) is 9.80 Å². The van der Waals surface area contributed by atoms with E-state index in [1.807, 2.05) is 33.7 Å². The number of likely N-dealkylation sites (tertiary alicyclic amines) is 2. The van der Waals surface area contributed by atoms with Gasteiger partial charge in [0, 0.05) is 38.5 Å². The fourth-order valence-electron chi connectivity index (χ4n) is 3.39. The zero-order chi connectivity index (χ0) is 14.2. The molecule has 3 rings (SSSR count). The number of nitrogens with zero attached hydrogens (tertiary/aromatic N) is 2. The van der Waals surface area contributed by atoms with Crippen molar-refractivity contribution in [3.8, 4) is 0 Å². The number of thiophene rings is 1. The van der Waals surface area contributed by atoms with E-state index in [-0.39, 0.29) is 17.2 Å². The third kappa shape index (κ3) is 2.46. The highest BCUT2D eigenvalue weighted by molar-refractivity contribution is 7.08. The Morgan fingerprint density at radius 2 is 2.05 bits per heavy atom. The normalized spacial score (nSPS) is 22.4. The molecule has 1 spiro atoms. The SMILES string of the molecule is CN1CC2(CCC1=O)CCN(C(=O)c1ccsc1)CC2. The molecule has 0 aromatic carbocycles. The molecule has 2 aliphatic rings. The van der Waals surface area contributed by atoms with Gasteiger partial charge in [0.15, 0.2) is 0 Å². The molecular weight excluding hydrogens is 272 g/mol. The van der Waals surface area contributed by atoms with Crippen molar-refractivity contribution in [1.29, 1.82) is 0 Å². The van der Waals surface area contributed by atoms with Crippen molar-refractivity contribution < 1.29 is 9.59 Å². The molecule has 1 aromatic rings. The van der Waals surface area contributed by atoms with Crippen LogP contribution in [0, 0.1) is 5.41 Å². The first-order chi connectivity index (χ1) is 9.60. The van der Waals surface area contributed by atoms with Crippen LogP contribution in [0.4, 0.5) is 0 Å². The van der Waals surface area contributed by atoms with E-state index >= 15 is 0 Å². The van der Waals surface area contributed by atoms with Crippen molar-refractivity contribution in [3.63, 3.8) is 0 Å². The Kier molecular flexibility index (Phi) is 3.54. The molecule has 2 amide bonds. The number of carbonyl (C=O) groups excluding carboxylic acids is 2. The smallest absolute Gasteiger partial charge is 0.254 e. The fraction of sp³-hybridized carbons (Fsp3) is 0.600. The molecule has 3 heterocycles. The van der Waals surface area contributed by atoms with Crippen LogP contribution in [-0.2, 0) is 4.79 Å². The summed E-state index contributed by atoms with van der Waals surface area (Å²) in [6, 6.07) is 1.89. The Morgan fingerprint density at radius 1 is 1.30 bits per heavy atom. The van der Waals surface area contributed by atoms with Gasteiger partial charge in [-0.15, -0.1) is 0 Å². The Bertz CT molecular complexity index is 504. The van der Waals surface area contributed by atoms with Gasteiger partial charge < -0.3 is 9.80 Å². The Hall–Kier alpha value is -1.36. The molecule has 0 saturated carbocycles. The van der Waals surface area contributed by atoms with Crippen molar-refractivity contribution in [3.05, 3.63) is 22.4 Å². The second kappa shape index (κ2) is 5.20. The van der Waals surface area contributed by atoms with Gasteiger partial charge in [-0.1, -0.05) is 0 Å². The van der Waals surface area contributed by atoms with E-state index in [4.69, 9.17) is 0 Å².